The average Bonchev–Trinajstić information content (AvgIpc) is 2.44. The molecule has 0 spiro atoms. The molecule has 0 aliphatic rings. The molecule has 0 saturated heterocycles. The van der Waals surface area contributed by atoms with E-state index in [2.05, 4.69) is 4.74 Å². The first-order valence-electron chi connectivity index (χ1n) is 6.28. The van der Waals surface area contributed by atoms with Gasteiger partial charge in [0.15, 0.2) is 11.5 Å². The van der Waals surface area contributed by atoms with E-state index in [1.54, 1.807) is 7.11 Å². The molecule has 1 aromatic rings. The first-order chi connectivity index (χ1) is 9.21. The fourth-order valence-corrected chi connectivity index (χ4v) is 1.66. The standard InChI is InChI=1S/C14H21NO4/c1-17-12-6-5-11(7-8-15)10-13(12)19-9-3-4-14(16)18-2/h5-6,10H,3-4,7-9,15H2,1-2H3. The van der Waals surface area contributed by atoms with Crippen molar-refractivity contribution in [3.8, 4) is 11.5 Å². The van der Waals surface area contributed by atoms with Crippen LogP contribution in [0, 0.1) is 0 Å². The topological polar surface area (TPSA) is 70.8 Å². The second kappa shape index (κ2) is 8.37. The van der Waals surface area contributed by atoms with Crippen LogP contribution in [-0.4, -0.2) is 33.3 Å². The van der Waals surface area contributed by atoms with Crippen molar-refractivity contribution >= 4 is 5.97 Å². The molecule has 1 aromatic carbocycles. The summed E-state index contributed by atoms with van der Waals surface area (Å²) in [4.78, 5) is 11.0. The first kappa shape index (κ1) is 15.3. The van der Waals surface area contributed by atoms with Crippen LogP contribution in [-0.2, 0) is 16.0 Å². The van der Waals surface area contributed by atoms with Gasteiger partial charge in [0.1, 0.15) is 0 Å². The number of methoxy groups -OCH3 is 2. The molecule has 0 aromatic heterocycles. The van der Waals surface area contributed by atoms with Crippen LogP contribution in [0.1, 0.15) is 18.4 Å². The fraction of sp³-hybridized carbons (Fsp3) is 0.500. The Morgan fingerprint density at radius 3 is 2.68 bits per heavy atom. The molecule has 0 heterocycles. The highest BCUT2D eigenvalue weighted by Crippen LogP contribution is 2.28. The predicted molar refractivity (Wildman–Crippen MR) is 72.5 cm³/mol. The molecule has 0 aliphatic carbocycles. The molecule has 106 valence electrons. The number of nitrogens with two attached hydrogens (primary N) is 1. The number of hydrogen-bond acceptors (Lipinski definition) is 5. The van der Waals surface area contributed by atoms with Gasteiger partial charge in [0.2, 0.25) is 0 Å². The number of hydrogen-bond donors (Lipinski definition) is 1. The summed E-state index contributed by atoms with van der Waals surface area (Å²) in [5, 5.41) is 0. The van der Waals surface area contributed by atoms with E-state index in [1.165, 1.54) is 7.11 Å². The zero-order chi connectivity index (χ0) is 14.1. The van der Waals surface area contributed by atoms with E-state index in [9.17, 15) is 4.79 Å². The van der Waals surface area contributed by atoms with Gasteiger partial charge in [-0.05, 0) is 37.1 Å². The summed E-state index contributed by atoms with van der Waals surface area (Å²) in [7, 11) is 2.97. The zero-order valence-electron chi connectivity index (χ0n) is 11.5. The summed E-state index contributed by atoms with van der Waals surface area (Å²) in [5.41, 5.74) is 6.63. The van der Waals surface area contributed by atoms with E-state index in [1.807, 2.05) is 18.2 Å². The van der Waals surface area contributed by atoms with Gasteiger partial charge in [0, 0.05) is 6.42 Å². The molecule has 5 nitrogen and oxygen atoms in total. The maximum Gasteiger partial charge on any atom is 0.305 e. The Labute approximate surface area is 113 Å². The van der Waals surface area contributed by atoms with Crippen LogP contribution in [0.5, 0.6) is 11.5 Å². The van der Waals surface area contributed by atoms with Gasteiger partial charge in [0.25, 0.3) is 0 Å². The lowest BCUT2D eigenvalue weighted by molar-refractivity contribution is -0.140. The summed E-state index contributed by atoms with van der Waals surface area (Å²) in [6.07, 6.45) is 1.75. The zero-order valence-corrected chi connectivity index (χ0v) is 11.5. The predicted octanol–water partition coefficient (Wildman–Crippen LogP) is 1.53. The molecule has 0 unspecified atom stereocenters. The fourth-order valence-electron chi connectivity index (χ4n) is 1.66. The van der Waals surface area contributed by atoms with Gasteiger partial charge in [-0.15, -0.1) is 0 Å². The summed E-state index contributed by atoms with van der Waals surface area (Å²) in [6.45, 7) is 1.03. The van der Waals surface area contributed by atoms with E-state index in [0.717, 1.165) is 12.0 Å². The van der Waals surface area contributed by atoms with Gasteiger partial charge < -0.3 is 19.9 Å². The highest BCUT2D eigenvalue weighted by atomic mass is 16.5. The molecule has 0 atom stereocenters. The van der Waals surface area contributed by atoms with Crippen molar-refractivity contribution in [2.45, 2.75) is 19.3 Å². The molecule has 1 rings (SSSR count). The lowest BCUT2D eigenvalue weighted by Gasteiger charge is -2.12. The van der Waals surface area contributed by atoms with E-state index in [0.29, 0.717) is 37.5 Å². The Morgan fingerprint density at radius 2 is 2.05 bits per heavy atom. The van der Waals surface area contributed by atoms with Crippen molar-refractivity contribution in [2.24, 2.45) is 5.73 Å². The maximum absolute atomic E-state index is 11.0. The Bertz CT molecular complexity index is 406. The van der Waals surface area contributed by atoms with Crippen molar-refractivity contribution in [3.05, 3.63) is 23.8 Å². The Kier molecular flexibility index (Phi) is 6.74. The van der Waals surface area contributed by atoms with Crippen LogP contribution >= 0.6 is 0 Å². The Hall–Kier alpha value is -1.75. The van der Waals surface area contributed by atoms with E-state index in [4.69, 9.17) is 15.2 Å². The monoisotopic (exact) mass is 267 g/mol. The highest BCUT2D eigenvalue weighted by Gasteiger charge is 2.06. The van der Waals surface area contributed by atoms with Crippen LogP contribution in [0.3, 0.4) is 0 Å². The average molecular weight is 267 g/mol. The molecule has 0 bridgehead atoms. The minimum absolute atomic E-state index is 0.229. The number of esters is 1. The van der Waals surface area contributed by atoms with E-state index >= 15 is 0 Å². The van der Waals surface area contributed by atoms with E-state index < -0.39 is 0 Å². The smallest absolute Gasteiger partial charge is 0.305 e. The number of carbonyl (C=O) groups is 1. The largest absolute Gasteiger partial charge is 0.493 e. The van der Waals surface area contributed by atoms with Crippen molar-refractivity contribution in [2.75, 3.05) is 27.4 Å². The highest BCUT2D eigenvalue weighted by molar-refractivity contribution is 5.69. The Morgan fingerprint density at radius 1 is 1.26 bits per heavy atom. The molecule has 0 saturated carbocycles. The number of ether oxygens (including phenoxy) is 3. The number of rotatable bonds is 8. The summed E-state index contributed by atoms with van der Waals surface area (Å²) in [5.74, 6) is 1.13. The van der Waals surface area contributed by atoms with Gasteiger partial charge in [-0.3, -0.25) is 4.79 Å². The molecule has 0 amide bonds. The number of carbonyl (C=O) groups excluding carboxylic acids is 1. The van der Waals surface area contributed by atoms with Gasteiger partial charge in [-0.1, -0.05) is 6.07 Å². The molecule has 0 aliphatic heterocycles. The van der Waals surface area contributed by atoms with Crippen molar-refractivity contribution in [1.29, 1.82) is 0 Å². The summed E-state index contributed by atoms with van der Waals surface area (Å²) >= 11 is 0. The third-order valence-electron chi connectivity index (χ3n) is 2.67. The SMILES string of the molecule is COC(=O)CCCOc1cc(CCN)ccc1OC. The molecule has 0 fully saturated rings. The van der Waals surface area contributed by atoms with Crippen LogP contribution in [0.2, 0.25) is 0 Å². The molecule has 0 radical (unpaired) electrons. The lowest BCUT2D eigenvalue weighted by atomic mass is 10.1. The van der Waals surface area contributed by atoms with Crippen molar-refractivity contribution < 1.29 is 19.0 Å². The van der Waals surface area contributed by atoms with Crippen LogP contribution in [0.15, 0.2) is 18.2 Å². The van der Waals surface area contributed by atoms with Crippen LogP contribution in [0.25, 0.3) is 0 Å². The van der Waals surface area contributed by atoms with Gasteiger partial charge in [-0.25, -0.2) is 0 Å². The maximum atomic E-state index is 11.0. The molecule has 5 heteroatoms. The molecule has 2 N–H and O–H groups in total. The third-order valence-corrected chi connectivity index (χ3v) is 2.67. The van der Waals surface area contributed by atoms with Crippen LogP contribution in [0.4, 0.5) is 0 Å². The molecular formula is C14H21NO4. The van der Waals surface area contributed by atoms with E-state index in [-0.39, 0.29) is 5.97 Å². The van der Waals surface area contributed by atoms with Crippen molar-refractivity contribution in [3.63, 3.8) is 0 Å². The minimum atomic E-state index is -0.229. The summed E-state index contributed by atoms with van der Waals surface area (Å²) in [6, 6.07) is 5.75. The molecule has 19 heavy (non-hydrogen) atoms. The van der Waals surface area contributed by atoms with Crippen molar-refractivity contribution in [1.82, 2.24) is 0 Å². The third kappa shape index (κ3) is 5.18. The van der Waals surface area contributed by atoms with Crippen LogP contribution < -0.4 is 15.2 Å². The normalized spacial score (nSPS) is 10.1. The number of benzene rings is 1. The summed E-state index contributed by atoms with van der Waals surface area (Å²) < 4.78 is 15.4. The lowest BCUT2D eigenvalue weighted by Crippen LogP contribution is -2.06. The van der Waals surface area contributed by atoms with Gasteiger partial charge >= 0.3 is 5.97 Å². The Balaban J connectivity index is 2.54. The second-order valence-electron chi connectivity index (χ2n) is 4.05. The minimum Gasteiger partial charge on any atom is -0.493 e. The second-order valence-corrected chi connectivity index (χ2v) is 4.05. The van der Waals surface area contributed by atoms with Gasteiger partial charge in [0.05, 0.1) is 20.8 Å². The van der Waals surface area contributed by atoms with Gasteiger partial charge in [-0.2, -0.15) is 0 Å². The quantitative estimate of drug-likeness (QED) is 0.571. The molecular weight excluding hydrogens is 246 g/mol. The first-order valence-corrected chi connectivity index (χ1v) is 6.28.